The van der Waals surface area contributed by atoms with Crippen LogP contribution in [0, 0.1) is 0 Å². The van der Waals surface area contributed by atoms with Crippen molar-refractivity contribution in [3.63, 3.8) is 0 Å². The van der Waals surface area contributed by atoms with E-state index >= 15 is 0 Å². The Balaban J connectivity index is 2.17. The number of hydrogen-bond donors (Lipinski definition) is 2. The number of aromatic nitrogens is 2. The Labute approximate surface area is 99.7 Å². The predicted octanol–water partition coefficient (Wildman–Crippen LogP) is 1.31. The zero-order chi connectivity index (χ0) is 11.8. The van der Waals surface area contributed by atoms with Gasteiger partial charge >= 0.3 is 0 Å². The van der Waals surface area contributed by atoms with Gasteiger partial charge in [0.2, 0.25) is 0 Å². The third-order valence-corrected chi connectivity index (χ3v) is 3.28. The van der Waals surface area contributed by atoms with Crippen molar-refractivity contribution in [1.29, 1.82) is 0 Å². The Morgan fingerprint density at radius 1 is 1.35 bits per heavy atom. The summed E-state index contributed by atoms with van der Waals surface area (Å²) in [6, 6.07) is 9.97. The molecule has 1 aliphatic rings. The van der Waals surface area contributed by atoms with Crippen molar-refractivity contribution in [2.45, 2.75) is 25.5 Å². The number of rotatable bonds is 2. The number of nitrogens with zero attached hydrogens (tertiary/aromatic N) is 2. The highest BCUT2D eigenvalue weighted by molar-refractivity contribution is 5.41. The molecule has 88 valence electrons. The van der Waals surface area contributed by atoms with Gasteiger partial charge in [0.05, 0.1) is 23.2 Å². The Hall–Kier alpha value is -1.65. The fourth-order valence-corrected chi connectivity index (χ4v) is 2.49. The first-order valence-electron chi connectivity index (χ1n) is 5.85. The minimum absolute atomic E-state index is 0.374. The summed E-state index contributed by atoms with van der Waals surface area (Å²) < 4.78 is 1.91. The molecule has 2 aromatic rings. The second-order valence-corrected chi connectivity index (χ2v) is 4.31. The van der Waals surface area contributed by atoms with Crippen LogP contribution in [0.3, 0.4) is 0 Å². The van der Waals surface area contributed by atoms with Crippen molar-refractivity contribution in [3.05, 3.63) is 47.3 Å². The molecule has 4 nitrogen and oxygen atoms in total. The summed E-state index contributed by atoms with van der Waals surface area (Å²) in [6.07, 6.45) is 1.23. The van der Waals surface area contributed by atoms with E-state index in [1.807, 2.05) is 35.0 Å². The van der Waals surface area contributed by atoms with Gasteiger partial charge in [-0.3, -0.25) is 0 Å². The van der Waals surface area contributed by atoms with E-state index in [9.17, 15) is 5.11 Å². The van der Waals surface area contributed by atoms with Crippen LogP contribution in [0.1, 0.15) is 29.5 Å². The van der Waals surface area contributed by atoms with Crippen molar-refractivity contribution in [1.82, 2.24) is 9.78 Å². The standard InChI is InChI=1S/C13H15N3O/c14-8-10-13-11(6-7-12(13)17)16(15-10)9-4-2-1-3-5-9/h1-5,12,17H,6-8,14H2. The monoisotopic (exact) mass is 229 g/mol. The van der Waals surface area contributed by atoms with E-state index in [1.54, 1.807) is 0 Å². The number of aliphatic hydroxyl groups excluding tert-OH is 1. The first-order valence-corrected chi connectivity index (χ1v) is 5.85. The number of fused-ring (bicyclic) bond motifs is 1. The van der Waals surface area contributed by atoms with Gasteiger partial charge in [-0.05, 0) is 25.0 Å². The Morgan fingerprint density at radius 3 is 2.82 bits per heavy atom. The van der Waals surface area contributed by atoms with Gasteiger partial charge in [-0.15, -0.1) is 0 Å². The van der Waals surface area contributed by atoms with E-state index in [-0.39, 0.29) is 0 Å². The van der Waals surface area contributed by atoms with Crippen LogP contribution < -0.4 is 5.73 Å². The lowest BCUT2D eigenvalue weighted by atomic mass is 10.1. The van der Waals surface area contributed by atoms with Crippen molar-refractivity contribution >= 4 is 0 Å². The first-order chi connectivity index (χ1) is 8.31. The topological polar surface area (TPSA) is 64.1 Å². The summed E-state index contributed by atoms with van der Waals surface area (Å²) in [5.41, 5.74) is 9.57. The molecule has 0 bridgehead atoms. The van der Waals surface area contributed by atoms with Crippen LogP contribution >= 0.6 is 0 Å². The number of nitrogens with two attached hydrogens (primary N) is 1. The van der Waals surface area contributed by atoms with E-state index in [1.165, 1.54) is 0 Å². The number of benzene rings is 1. The fourth-order valence-electron chi connectivity index (χ4n) is 2.49. The Bertz CT molecular complexity index is 533. The zero-order valence-corrected chi connectivity index (χ0v) is 9.50. The third-order valence-electron chi connectivity index (χ3n) is 3.28. The predicted molar refractivity (Wildman–Crippen MR) is 64.7 cm³/mol. The molecule has 0 aliphatic heterocycles. The van der Waals surface area contributed by atoms with Crippen molar-refractivity contribution in [2.75, 3.05) is 0 Å². The molecule has 1 heterocycles. The first kappa shape index (κ1) is 10.5. The average Bonchev–Trinajstić information content (AvgIpc) is 2.92. The highest BCUT2D eigenvalue weighted by Gasteiger charge is 2.29. The molecule has 1 aliphatic carbocycles. The highest BCUT2D eigenvalue weighted by Crippen LogP contribution is 2.34. The normalized spacial score (nSPS) is 18.4. The van der Waals surface area contributed by atoms with Crippen molar-refractivity contribution in [2.24, 2.45) is 5.73 Å². The van der Waals surface area contributed by atoms with Gasteiger partial charge in [0.1, 0.15) is 0 Å². The van der Waals surface area contributed by atoms with Crippen LogP contribution in [-0.4, -0.2) is 14.9 Å². The van der Waals surface area contributed by atoms with E-state index in [2.05, 4.69) is 5.10 Å². The lowest BCUT2D eigenvalue weighted by Gasteiger charge is -2.04. The summed E-state index contributed by atoms with van der Waals surface area (Å²) >= 11 is 0. The molecule has 1 unspecified atom stereocenters. The minimum atomic E-state index is -0.402. The lowest BCUT2D eigenvalue weighted by Crippen LogP contribution is -2.04. The largest absolute Gasteiger partial charge is 0.388 e. The van der Waals surface area contributed by atoms with Gasteiger partial charge in [0.25, 0.3) is 0 Å². The quantitative estimate of drug-likeness (QED) is 0.816. The second kappa shape index (κ2) is 3.98. The average molecular weight is 229 g/mol. The van der Waals surface area contributed by atoms with Crippen LogP contribution in [0.25, 0.3) is 5.69 Å². The second-order valence-electron chi connectivity index (χ2n) is 4.31. The molecule has 1 aromatic heterocycles. The van der Waals surface area contributed by atoms with Gasteiger partial charge in [-0.2, -0.15) is 5.10 Å². The molecule has 1 atom stereocenters. The molecular formula is C13H15N3O. The van der Waals surface area contributed by atoms with Crippen LogP contribution in [0.4, 0.5) is 0 Å². The number of para-hydroxylation sites is 1. The highest BCUT2D eigenvalue weighted by atomic mass is 16.3. The lowest BCUT2D eigenvalue weighted by molar-refractivity contribution is 0.178. The van der Waals surface area contributed by atoms with Crippen LogP contribution in [0.5, 0.6) is 0 Å². The molecule has 0 radical (unpaired) electrons. The molecule has 0 saturated heterocycles. The molecule has 0 fully saturated rings. The molecule has 1 aromatic carbocycles. The van der Waals surface area contributed by atoms with E-state index in [0.29, 0.717) is 6.54 Å². The van der Waals surface area contributed by atoms with Crippen molar-refractivity contribution in [3.8, 4) is 5.69 Å². The van der Waals surface area contributed by atoms with Crippen LogP contribution in [-0.2, 0) is 13.0 Å². The van der Waals surface area contributed by atoms with Gasteiger partial charge in [0, 0.05) is 12.1 Å². The van der Waals surface area contributed by atoms with Gasteiger partial charge in [0.15, 0.2) is 0 Å². The molecule has 4 heteroatoms. The molecule has 0 spiro atoms. The van der Waals surface area contributed by atoms with Gasteiger partial charge < -0.3 is 10.8 Å². The summed E-state index contributed by atoms with van der Waals surface area (Å²) in [7, 11) is 0. The molecule has 3 rings (SSSR count). The molecule has 17 heavy (non-hydrogen) atoms. The van der Waals surface area contributed by atoms with Crippen molar-refractivity contribution < 1.29 is 5.11 Å². The van der Waals surface area contributed by atoms with E-state index in [4.69, 9.17) is 5.73 Å². The SMILES string of the molecule is NCc1nn(-c2ccccc2)c2c1C(O)CC2. The fraction of sp³-hybridized carbons (Fsp3) is 0.308. The third kappa shape index (κ3) is 1.57. The maximum Gasteiger partial charge on any atom is 0.0830 e. The molecular weight excluding hydrogens is 214 g/mol. The number of aliphatic hydroxyl groups is 1. The summed E-state index contributed by atoms with van der Waals surface area (Å²) in [4.78, 5) is 0. The molecule has 0 amide bonds. The zero-order valence-electron chi connectivity index (χ0n) is 9.50. The summed E-state index contributed by atoms with van der Waals surface area (Å²) in [6.45, 7) is 0.374. The van der Waals surface area contributed by atoms with E-state index < -0.39 is 6.10 Å². The maximum atomic E-state index is 9.94. The Kier molecular flexibility index (Phi) is 2.46. The van der Waals surface area contributed by atoms with Crippen LogP contribution in [0.2, 0.25) is 0 Å². The smallest absolute Gasteiger partial charge is 0.0830 e. The summed E-state index contributed by atoms with van der Waals surface area (Å²) in [5, 5.41) is 14.4. The van der Waals surface area contributed by atoms with Crippen LogP contribution in [0.15, 0.2) is 30.3 Å². The minimum Gasteiger partial charge on any atom is -0.388 e. The maximum absolute atomic E-state index is 9.94. The Morgan fingerprint density at radius 2 is 2.12 bits per heavy atom. The van der Waals surface area contributed by atoms with Gasteiger partial charge in [-0.25, -0.2) is 4.68 Å². The number of hydrogen-bond acceptors (Lipinski definition) is 3. The molecule has 3 N–H and O–H groups in total. The summed E-state index contributed by atoms with van der Waals surface area (Å²) in [5.74, 6) is 0. The van der Waals surface area contributed by atoms with Gasteiger partial charge in [-0.1, -0.05) is 18.2 Å². The molecule has 0 saturated carbocycles. The van der Waals surface area contributed by atoms with E-state index in [0.717, 1.165) is 35.5 Å².